The van der Waals surface area contributed by atoms with E-state index < -0.39 is 35.0 Å². The van der Waals surface area contributed by atoms with Gasteiger partial charge in [0.15, 0.2) is 0 Å². The minimum atomic E-state index is -4.99. The molecule has 10 heteroatoms. The van der Waals surface area contributed by atoms with Gasteiger partial charge in [-0.25, -0.2) is 0 Å². The van der Waals surface area contributed by atoms with Gasteiger partial charge in [-0.3, -0.25) is 4.79 Å². The summed E-state index contributed by atoms with van der Waals surface area (Å²) in [5.74, 6) is -1.00. The zero-order valence-electron chi connectivity index (χ0n) is 12.7. The van der Waals surface area contributed by atoms with Gasteiger partial charge in [-0.2, -0.15) is 26.3 Å². The van der Waals surface area contributed by atoms with Gasteiger partial charge < -0.3 is 16.8 Å². The predicted molar refractivity (Wildman–Crippen MR) is 72.4 cm³/mol. The molecule has 0 unspecified atom stereocenters. The summed E-state index contributed by atoms with van der Waals surface area (Å²) in [7, 11) is 0. The van der Waals surface area contributed by atoms with E-state index in [0.717, 1.165) is 6.42 Å². The maximum atomic E-state index is 12.7. The Hall–Kier alpha value is -1.81. The molecule has 1 atom stereocenters. The predicted octanol–water partition coefficient (Wildman–Crippen LogP) is 1.09. The Morgan fingerprint density at radius 3 is 1.96 bits per heavy atom. The molecule has 0 heterocycles. The maximum absolute atomic E-state index is 12.7. The summed E-state index contributed by atoms with van der Waals surface area (Å²) in [5, 5.41) is 2.31. The van der Waals surface area contributed by atoms with E-state index in [1.165, 1.54) is 0 Å². The second-order valence-corrected chi connectivity index (χ2v) is 5.37. The Morgan fingerprint density at radius 2 is 1.54 bits per heavy atom. The number of alkyl halides is 6. The molecule has 24 heavy (non-hydrogen) atoms. The minimum absolute atomic E-state index is 0.0186. The fraction of sp³-hybridized carbons (Fsp3) is 0.500. The van der Waals surface area contributed by atoms with Crippen molar-refractivity contribution < 1.29 is 42.6 Å². The molecule has 7 N–H and O–H groups in total. The van der Waals surface area contributed by atoms with Crippen molar-refractivity contribution in [3.05, 3.63) is 34.9 Å². The Kier molecular flexibility index (Phi) is 6.61. The number of quaternary nitrogens is 2. The van der Waals surface area contributed by atoms with E-state index in [4.69, 9.17) is 0 Å². The summed E-state index contributed by atoms with van der Waals surface area (Å²) >= 11 is 0. The van der Waals surface area contributed by atoms with Gasteiger partial charge >= 0.3 is 12.4 Å². The molecule has 0 saturated heterocycles. The van der Waals surface area contributed by atoms with Crippen LogP contribution in [0.5, 0.6) is 0 Å². The molecule has 0 aromatic heterocycles. The van der Waals surface area contributed by atoms with Crippen molar-refractivity contribution in [2.45, 2.75) is 31.2 Å². The number of nitrogens with one attached hydrogen (secondary N) is 1. The van der Waals surface area contributed by atoms with Gasteiger partial charge in [-0.05, 0) is 18.2 Å². The fourth-order valence-electron chi connectivity index (χ4n) is 1.96. The molecular formula is C14H19F6N3O+2. The van der Waals surface area contributed by atoms with Crippen LogP contribution < -0.4 is 16.8 Å². The van der Waals surface area contributed by atoms with E-state index in [2.05, 4.69) is 16.8 Å². The van der Waals surface area contributed by atoms with E-state index >= 15 is 0 Å². The van der Waals surface area contributed by atoms with Gasteiger partial charge in [0, 0.05) is 18.4 Å². The number of carbonyl (C=O) groups is 1. The van der Waals surface area contributed by atoms with Gasteiger partial charge in [0.05, 0.1) is 24.2 Å². The monoisotopic (exact) mass is 359 g/mol. The van der Waals surface area contributed by atoms with Gasteiger partial charge in [0.1, 0.15) is 6.04 Å². The molecule has 0 aliphatic heterocycles. The maximum Gasteiger partial charge on any atom is 0.416 e. The normalized spacial score (nSPS) is 13.7. The second kappa shape index (κ2) is 7.84. The lowest BCUT2D eigenvalue weighted by Crippen LogP contribution is -2.65. The Labute approximate surface area is 134 Å². The van der Waals surface area contributed by atoms with Crippen LogP contribution in [0.25, 0.3) is 0 Å². The van der Waals surface area contributed by atoms with Crippen molar-refractivity contribution in [3.63, 3.8) is 0 Å². The third kappa shape index (κ3) is 6.00. The van der Waals surface area contributed by atoms with E-state index in [1.54, 1.807) is 0 Å². The van der Waals surface area contributed by atoms with Gasteiger partial charge in [-0.1, -0.05) is 0 Å². The summed E-state index contributed by atoms with van der Waals surface area (Å²) in [5.41, 5.74) is 3.65. The van der Waals surface area contributed by atoms with Crippen molar-refractivity contribution >= 4 is 5.91 Å². The molecule has 0 aliphatic rings. The van der Waals surface area contributed by atoms with Crippen molar-refractivity contribution in [3.8, 4) is 0 Å². The van der Waals surface area contributed by atoms with Crippen molar-refractivity contribution in [1.29, 1.82) is 0 Å². The molecule has 0 saturated carbocycles. The zero-order chi connectivity index (χ0) is 18.5. The number of hydrogen-bond acceptors (Lipinski definition) is 1. The van der Waals surface area contributed by atoms with Crippen LogP contribution in [0.15, 0.2) is 18.2 Å². The van der Waals surface area contributed by atoms with Gasteiger partial charge in [-0.15, -0.1) is 0 Å². The quantitative estimate of drug-likeness (QED) is 0.653. The van der Waals surface area contributed by atoms with Crippen LogP contribution in [0.4, 0.5) is 26.3 Å². The molecule has 136 valence electrons. The van der Waals surface area contributed by atoms with Crippen LogP contribution in [0.2, 0.25) is 0 Å². The molecule has 0 radical (unpaired) electrons. The van der Waals surface area contributed by atoms with Crippen molar-refractivity contribution in [2.75, 3.05) is 13.1 Å². The summed E-state index contributed by atoms with van der Waals surface area (Å²) in [6.45, 7) is 0.721. The zero-order valence-corrected chi connectivity index (χ0v) is 12.7. The van der Waals surface area contributed by atoms with Crippen LogP contribution in [-0.2, 0) is 12.4 Å². The van der Waals surface area contributed by atoms with Crippen LogP contribution in [-0.4, -0.2) is 25.0 Å². The molecule has 0 bridgehead atoms. The van der Waals surface area contributed by atoms with Crippen molar-refractivity contribution in [2.24, 2.45) is 0 Å². The fourth-order valence-corrected chi connectivity index (χ4v) is 1.96. The van der Waals surface area contributed by atoms with E-state index in [9.17, 15) is 31.1 Å². The molecule has 1 aromatic rings. The average molecular weight is 359 g/mol. The largest absolute Gasteiger partial charge is 0.416 e. The number of amides is 1. The first kappa shape index (κ1) is 20.2. The Balaban J connectivity index is 2.99. The topological polar surface area (TPSA) is 84.4 Å². The van der Waals surface area contributed by atoms with Crippen LogP contribution in [0.1, 0.15) is 34.3 Å². The molecule has 0 spiro atoms. The summed E-state index contributed by atoms with van der Waals surface area (Å²) in [6, 6.07) is 0.579. The van der Waals surface area contributed by atoms with Crippen LogP contribution in [0.3, 0.4) is 0 Å². The second-order valence-electron chi connectivity index (χ2n) is 5.37. The molecule has 1 rings (SSSR count). The average Bonchev–Trinajstić information content (AvgIpc) is 2.48. The first-order valence-corrected chi connectivity index (χ1v) is 7.15. The summed E-state index contributed by atoms with van der Waals surface area (Å²) in [4.78, 5) is 11.9. The molecule has 4 nitrogen and oxygen atoms in total. The lowest BCUT2D eigenvalue weighted by molar-refractivity contribution is -0.423. The number of halogens is 6. The number of benzene rings is 1. The first-order valence-electron chi connectivity index (χ1n) is 7.15. The van der Waals surface area contributed by atoms with Gasteiger partial charge in [0.25, 0.3) is 5.91 Å². The first-order chi connectivity index (χ1) is 10.9. The van der Waals surface area contributed by atoms with E-state index in [0.29, 0.717) is 25.1 Å². The van der Waals surface area contributed by atoms with Crippen LogP contribution in [0, 0.1) is 0 Å². The Morgan fingerprint density at radius 1 is 1.04 bits per heavy atom. The molecular weight excluding hydrogens is 340 g/mol. The SMILES string of the molecule is [NH3+]CCC[C@@H]([NH3+])CNC(=O)c1cc(C(F)(F)F)cc(C(F)(F)F)c1. The van der Waals surface area contributed by atoms with Crippen LogP contribution >= 0.6 is 0 Å². The lowest BCUT2D eigenvalue weighted by Gasteiger charge is -2.14. The highest BCUT2D eigenvalue weighted by Crippen LogP contribution is 2.36. The minimum Gasteiger partial charge on any atom is -0.358 e. The Bertz CT molecular complexity index is 538. The summed E-state index contributed by atoms with van der Waals surface area (Å²) in [6.07, 6.45) is -8.58. The number of rotatable bonds is 6. The molecule has 1 aromatic carbocycles. The van der Waals surface area contributed by atoms with Gasteiger partial charge in [0.2, 0.25) is 0 Å². The lowest BCUT2D eigenvalue weighted by atomic mass is 10.0. The standard InChI is InChI=1S/C14H17F6N3O/c15-13(16,17)9-4-8(5-10(6-9)14(18,19)20)12(24)23-7-11(22)2-1-3-21/h4-6,11H,1-3,7,21-22H2,(H,23,24)/p+2/t11-/m1/s1. The highest BCUT2D eigenvalue weighted by atomic mass is 19.4. The highest BCUT2D eigenvalue weighted by molar-refractivity contribution is 5.94. The third-order valence-electron chi connectivity index (χ3n) is 3.26. The van der Waals surface area contributed by atoms with E-state index in [1.807, 2.05) is 0 Å². The molecule has 1 amide bonds. The molecule has 0 aliphatic carbocycles. The number of carbonyl (C=O) groups excluding carboxylic acids is 1. The summed E-state index contributed by atoms with van der Waals surface area (Å²) < 4.78 is 76.4. The molecule has 0 fully saturated rings. The smallest absolute Gasteiger partial charge is 0.358 e. The number of hydrogen-bond donors (Lipinski definition) is 3. The third-order valence-corrected chi connectivity index (χ3v) is 3.26. The van der Waals surface area contributed by atoms with E-state index in [-0.39, 0.29) is 18.7 Å². The van der Waals surface area contributed by atoms with Crippen molar-refractivity contribution in [1.82, 2.24) is 5.32 Å². The highest BCUT2D eigenvalue weighted by Gasteiger charge is 2.37.